The maximum Gasteiger partial charge on any atom is 0.321 e. The Bertz CT molecular complexity index is 1030. The molecule has 0 aliphatic carbocycles. The molecule has 1 unspecified atom stereocenters. The second-order valence-corrected chi connectivity index (χ2v) is 8.49. The fourth-order valence-corrected chi connectivity index (χ4v) is 3.78. The molecule has 1 heterocycles. The molecular formula is C24H30FN7O. The minimum atomic E-state index is -0.403. The highest BCUT2D eigenvalue weighted by atomic mass is 19.1. The molecule has 1 atom stereocenters. The molecule has 0 bridgehead atoms. The van der Waals surface area contributed by atoms with Crippen molar-refractivity contribution in [3.05, 3.63) is 54.3 Å². The van der Waals surface area contributed by atoms with Crippen molar-refractivity contribution in [2.45, 2.75) is 19.9 Å². The van der Waals surface area contributed by atoms with Crippen LogP contribution in [0.15, 0.2) is 53.5 Å². The fraction of sp³-hybridized carbons (Fsp3) is 0.375. The molecule has 33 heavy (non-hydrogen) atoms. The number of carbonyl (C=O) groups excluding carboxylic acids is 1. The molecule has 1 saturated heterocycles. The zero-order chi connectivity index (χ0) is 24.0. The normalized spacial score (nSPS) is 16.4. The predicted octanol–water partition coefficient (Wildman–Crippen LogP) is 4.01. The summed E-state index contributed by atoms with van der Waals surface area (Å²) < 4.78 is 13.5. The molecule has 0 saturated carbocycles. The Balaban J connectivity index is 1.73. The van der Waals surface area contributed by atoms with Crippen molar-refractivity contribution in [1.29, 1.82) is 5.26 Å². The highest BCUT2D eigenvalue weighted by Crippen LogP contribution is 2.22. The quantitative estimate of drug-likeness (QED) is 0.417. The predicted molar refractivity (Wildman–Crippen MR) is 130 cm³/mol. The van der Waals surface area contributed by atoms with E-state index >= 15 is 0 Å². The van der Waals surface area contributed by atoms with Gasteiger partial charge in [-0.25, -0.2) is 9.18 Å². The number of piperazine rings is 1. The lowest BCUT2D eigenvalue weighted by Gasteiger charge is -2.44. The number of amides is 2. The van der Waals surface area contributed by atoms with Gasteiger partial charge < -0.3 is 25.3 Å². The maximum atomic E-state index is 13.5. The largest absolute Gasteiger partial charge is 0.378 e. The molecule has 1 fully saturated rings. The Kier molecular flexibility index (Phi) is 7.72. The Hall–Kier alpha value is -3.80. The number of nitriles is 1. The number of hydrogen-bond acceptors (Lipinski definition) is 4. The van der Waals surface area contributed by atoms with Crippen LogP contribution >= 0.6 is 0 Å². The molecule has 9 heteroatoms. The molecule has 2 aromatic carbocycles. The van der Waals surface area contributed by atoms with Gasteiger partial charge in [-0.1, -0.05) is 19.9 Å². The number of carbonyl (C=O) groups is 1. The van der Waals surface area contributed by atoms with Gasteiger partial charge in [0.2, 0.25) is 12.2 Å². The Morgan fingerprint density at radius 3 is 2.48 bits per heavy atom. The zero-order valence-electron chi connectivity index (χ0n) is 19.4. The minimum Gasteiger partial charge on any atom is -0.378 e. The first-order valence-electron chi connectivity index (χ1n) is 10.9. The minimum absolute atomic E-state index is 0.0577. The Morgan fingerprint density at radius 1 is 1.15 bits per heavy atom. The molecule has 174 valence electrons. The van der Waals surface area contributed by atoms with Crippen LogP contribution in [0.3, 0.4) is 0 Å². The molecule has 0 spiro atoms. The van der Waals surface area contributed by atoms with Crippen LogP contribution < -0.4 is 15.5 Å². The van der Waals surface area contributed by atoms with Crippen LogP contribution in [0.5, 0.6) is 0 Å². The van der Waals surface area contributed by atoms with Gasteiger partial charge in [0.25, 0.3) is 0 Å². The second kappa shape index (κ2) is 10.7. The standard InChI is InChI=1S/C24H30FN7O/c1-17(2)22-15-31(24(33)29-20-7-5-6-18(25)14-20)12-13-32(22)23(27-16-26)28-19-8-10-21(11-9-19)30(3)4/h5-11,14,17,22H,12-13,15H2,1-4H3,(H,27,28)(H,29,33). The second-order valence-electron chi connectivity index (χ2n) is 8.49. The number of halogens is 1. The van der Waals surface area contributed by atoms with Crippen LogP contribution in [0.4, 0.5) is 26.2 Å². The van der Waals surface area contributed by atoms with Crippen molar-refractivity contribution in [2.24, 2.45) is 10.9 Å². The average molecular weight is 452 g/mol. The van der Waals surface area contributed by atoms with Crippen molar-refractivity contribution in [3.8, 4) is 6.19 Å². The number of hydrogen-bond donors (Lipinski definition) is 2. The van der Waals surface area contributed by atoms with Crippen molar-refractivity contribution in [3.63, 3.8) is 0 Å². The van der Waals surface area contributed by atoms with Gasteiger partial charge in [-0.15, -0.1) is 4.99 Å². The Labute approximate surface area is 194 Å². The van der Waals surface area contributed by atoms with Crippen molar-refractivity contribution in [2.75, 3.05) is 49.3 Å². The van der Waals surface area contributed by atoms with Crippen molar-refractivity contribution in [1.82, 2.24) is 9.80 Å². The number of nitrogens with zero attached hydrogens (tertiary/aromatic N) is 5. The van der Waals surface area contributed by atoms with Crippen molar-refractivity contribution < 1.29 is 9.18 Å². The topological polar surface area (TPSA) is 87.0 Å². The summed E-state index contributed by atoms with van der Waals surface area (Å²) in [5, 5.41) is 15.3. The first kappa shape index (κ1) is 23.9. The summed E-state index contributed by atoms with van der Waals surface area (Å²) in [6.45, 7) is 5.53. The molecule has 1 aliphatic heterocycles. The highest BCUT2D eigenvalue weighted by molar-refractivity contribution is 5.95. The molecule has 0 aromatic heterocycles. The smallest absolute Gasteiger partial charge is 0.321 e. The van der Waals surface area contributed by atoms with E-state index in [9.17, 15) is 14.4 Å². The van der Waals surface area contributed by atoms with Crippen LogP contribution in [-0.2, 0) is 0 Å². The number of urea groups is 1. The van der Waals surface area contributed by atoms with Gasteiger partial charge in [0.15, 0.2) is 0 Å². The molecule has 2 amide bonds. The van der Waals surface area contributed by atoms with E-state index in [1.807, 2.05) is 54.4 Å². The van der Waals surface area contributed by atoms with E-state index < -0.39 is 5.82 Å². The maximum absolute atomic E-state index is 13.5. The summed E-state index contributed by atoms with van der Waals surface area (Å²) >= 11 is 0. The fourth-order valence-electron chi connectivity index (χ4n) is 3.78. The third-order valence-corrected chi connectivity index (χ3v) is 5.62. The summed E-state index contributed by atoms with van der Waals surface area (Å²) in [6, 6.07) is 13.3. The van der Waals surface area contributed by atoms with Gasteiger partial charge in [-0.2, -0.15) is 5.26 Å². The van der Waals surface area contributed by atoms with E-state index in [-0.39, 0.29) is 18.0 Å². The van der Waals surface area contributed by atoms with Gasteiger partial charge in [-0.05, 0) is 48.4 Å². The van der Waals surface area contributed by atoms with Crippen LogP contribution in [0, 0.1) is 23.2 Å². The molecule has 2 aromatic rings. The summed E-state index contributed by atoms with van der Waals surface area (Å²) in [5.41, 5.74) is 2.30. The van der Waals surface area contributed by atoms with Crippen LogP contribution in [0.25, 0.3) is 0 Å². The van der Waals surface area contributed by atoms with Gasteiger partial charge in [-0.3, -0.25) is 0 Å². The molecule has 0 radical (unpaired) electrons. The summed E-state index contributed by atoms with van der Waals surface area (Å²) in [6.07, 6.45) is 1.89. The van der Waals surface area contributed by atoms with E-state index in [0.29, 0.717) is 31.3 Å². The molecule has 8 nitrogen and oxygen atoms in total. The summed E-state index contributed by atoms with van der Waals surface area (Å²) in [5.74, 6) is 0.246. The summed E-state index contributed by atoms with van der Waals surface area (Å²) in [7, 11) is 3.95. The number of aliphatic imine (C=N–C) groups is 1. The number of benzene rings is 2. The van der Waals surface area contributed by atoms with Crippen LogP contribution in [0.2, 0.25) is 0 Å². The monoisotopic (exact) mass is 451 g/mol. The first-order valence-corrected chi connectivity index (χ1v) is 10.9. The lowest BCUT2D eigenvalue weighted by Crippen LogP contribution is -2.60. The number of anilines is 3. The number of rotatable bonds is 4. The SMILES string of the molecule is CC(C)C1CN(C(=O)Nc2cccc(F)c2)CCN1/C(=N/C#N)Nc1ccc(N(C)C)cc1. The lowest BCUT2D eigenvalue weighted by atomic mass is 10.00. The zero-order valence-corrected chi connectivity index (χ0v) is 19.4. The van der Waals surface area contributed by atoms with E-state index in [1.54, 1.807) is 17.0 Å². The third kappa shape index (κ3) is 6.13. The average Bonchev–Trinajstić information content (AvgIpc) is 2.78. The van der Waals surface area contributed by atoms with Gasteiger partial charge >= 0.3 is 6.03 Å². The van der Waals surface area contributed by atoms with Crippen LogP contribution in [-0.4, -0.2) is 61.6 Å². The number of guanidine groups is 1. The summed E-state index contributed by atoms with van der Waals surface area (Å²) in [4.78, 5) is 22.6. The molecule has 3 rings (SSSR count). The van der Waals surface area contributed by atoms with E-state index in [1.165, 1.54) is 12.1 Å². The van der Waals surface area contributed by atoms with E-state index in [4.69, 9.17) is 0 Å². The number of nitrogens with one attached hydrogen (secondary N) is 2. The van der Waals surface area contributed by atoms with Gasteiger partial charge in [0.1, 0.15) is 5.82 Å². The molecular weight excluding hydrogens is 421 g/mol. The first-order chi connectivity index (χ1) is 15.8. The lowest BCUT2D eigenvalue weighted by molar-refractivity contribution is 0.120. The highest BCUT2D eigenvalue weighted by Gasteiger charge is 2.33. The Morgan fingerprint density at radius 2 is 1.88 bits per heavy atom. The van der Waals surface area contributed by atoms with Gasteiger partial charge in [0.05, 0.1) is 6.04 Å². The molecule has 1 aliphatic rings. The van der Waals surface area contributed by atoms with Crippen LogP contribution in [0.1, 0.15) is 13.8 Å². The van der Waals surface area contributed by atoms with Gasteiger partial charge in [0, 0.05) is 50.8 Å². The third-order valence-electron chi connectivity index (χ3n) is 5.62. The van der Waals surface area contributed by atoms with E-state index in [2.05, 4.69) is 29.5 Å². The van der Waals surface area contributed by atoms with Crippen molar-refractivity contribution >= 4 is 29.1 Å². The molecule has 2 N–H and O–H groups in total. The van der Waals surface area contributed by atoms with E-state index in [0.717, 1.165) is 11.4 Å².